The number of methoxy groups -OCH3 is 1. The van der Waals surface area contributed by atoms with Gasteiger partial charge in [0.1, 0.15) is 23.8 Å². The van der Waals surface area contributed by atoms with Gasteiger partial charge in [-0.2, -0.15) is 0 Å². The molecule has 1 atom stereocenters. The smallest absolute Gasteiger partial charge is 0.323 e. The first-order chi connectivity index (χ1) is 17.2. The number of amides is 1. The normalized spacial score (nSPS) is 16.2. The predicted molar refractivity (Wildman–Crippen MR) is 129 cm³/mol. The number of hydrogen-bond acceptors (Lipinski definition) is 4. The maximum absolute atomic E-state index is 13.4. The topological polar surface area (TPSA) is 76.1 Å². The van der Waals surface area contributed by atoms with Crippen LogP contribution in [0.3, 0.4) is 0 Å². The van der Waals surface area contributed by atoms with E-state index in [9.17, 15) is 23.5 Å². The van der Waals surface area contributed by atoms with Gasteiger partial charge in [0.15, 0.2) is 11.5 Å². The summed E-state index contributed by atoms with van der Waals surface area (Å²) in [5, 5.41) is 9.38. The molecule has 0 bridgehead atoms. The van der Waals surface area contributed by atoms with Gasteiger partial charge in [-0.05, 0) is 60.9 Å². The summed E-state index contributed by atoms with van der Waals surface area (Å²) in [5.74, 6) is -1.34. The summed E-state index contributed by atoms with van der Waals surface area (Å²) in [5.41, 5.74) is 2.14. The second-order valence-corrected chi connectivity index (χ2v) is 9.20. The average Bonchev–Trinajstić information content (AvgIpc) is 3.18. The van der Waals surface area contributed by atoms with Crippen molar-refractivity contribution in [1.82, 2.24) is 4.90 Å². The van der Waals surface area contributed by atoms with Gasteiger partial charge in [-0.15, -0.1) is 0 Å². The van der Waals surface area contributed by atoms with E-state index in [-0.39, 0.29) is 18.2 Å². The van der Waals surface area contributed by atoms with Crippen LogP contribution in [0.5, 0.6) is 11.5 Å². The van der Waals surface area contributed by atoms with Crippen LogP contribution in [0, 0.1) is 11.6 Å². The van der Waals surface area contributed by atoms with Crippen molar-refractivity contribution < 1.29 is 33.0 Å². The van der Waals surface area contributed by atoms with E-state index in [2.05, 4.69) is 0 Å². The monoisotopic (exact) mass is 495 g/mol. The van der Waals surface area contributed by atoms with Crippen LogP contribution in [0.25, 0.3) is 0 Å². The van der Waals surface area contributed by atoms with Gasteiger partial charge in [0.2, 0.25) is 0 Å². The number of rotatable bonds is 9. The number of aliphatic carboxylic acids is 1. The minimum atomic E-state index is -1.13. The second-order valence-electron chi connectivity index (χ2n) is 9.20. The number of benzene rings is 3. The van der Waals surface area contributed by atoms with Gasteiger partial charge in [-0.3, -0.25) is 9.59 Å². The van der Waals surface area contributed by atoms with Crippen LogP contribution in [-0.2, 0) is 24.1 Å². The van der Waals surface area contributed by atoms with Crippen molar-refractivity contribution in [3.63, 3.8) is 0 Å². The van der Waals surface area contributed by atoms with E-state index in [0.717, 1.165) is 16.7 Å². The highest BCUT2D eigenvalue weighted by Crippen LogP contribution is 2.44. The Labute approximate surface area is 208 Å². The third-order valence-corrected chi connectivity index (χ3v) is 6.20. The molecule has 1 N–H and O–H groups in total. The Balaban J connectivity index is 1.55. The molecule has 1 heterocycles. The summed E-state index contributed by atoms with van der Waals surface area (Å²) >= 11 is 0. The number of nitrogens with zero attached hydrogens (tertiary/aromatic N) is 1. The standard InChI is InChI=1S/C28H27F2NO5/c1-28(15-19-5-9-23(30)10-6-19)16-21-13-20(14-24(35-2)26(21)36-28)27(34)31(17-25(32)33)12-11-18-3-7-22(29)8-4-18/h3-10,13-14H,11-12,15-17H2,1-2H3,(H,32,33)/t28-/m1/s1. The molecular formula is C28H27F2NO5. The Hall–Kier alpha value is -3.94. The zero-order valence-corrected chi connectivity index (χ0v) is 20.1. The molecule has 1 aliphatic heterocycles. The Morgan fingerprint density at radius 2 is 1.64 bits per heavy atom. The number of carbonyl (C=O) groups is 2. The number of halogens is 2. The molecule has 0 unspecified atom stereocenters. The zero-order valence-electron chi connectivity index (χ0n) is 20.1. The molecule has 1 aliphatic rings. The van der Waals surface area contributed by atoms with E-state index >= 15 is 0 Å². The van der Waals surface area contributed by atoms with Crippen LogP contribution in [0.4, 0.5) is 8.78 Å². The van der Waals surface area contributed by atoms with Crippen LogP contribution in [0.2, 0.25) is 0 Å². The molecule has 0 aromatic heterocycles. The summed E-state index contributed by atoms with van der Waals surface area (Å²) in [6.45, 7) is 1.61. The maximum atomic E-state index is 13.4. The van der Waals surface area contributed by atoms with Crippen molar-refractivity contribution in [3.05, 3.63) is 94.6 Å². The van der Waals surface area contributed by atoms with Crippen LogP contribution >= 0.6 is 0 Å². The molecule has 0 aliphatic carbocycles. The molecule has 3 aromatic rings. The Morgan fingerprint density at radius 3 is 2.22 bits per heavy atom. The molecule has 0 fully saturated rings. The first-order valence-electron chi connectivity index (χ1n) is 11.6. The van der Waals surface area contributed by atoms with E-state index in [1.54, 1.807) is 36.4 Å². The lowest BCUT2D eigenvalue weighted by Crippen LogP contribution is -2.37. The fourth-order valence-electron chi connectivity index (χ4n) is 4.51. The van der Waals surface area contributed by atoms with Crippen molar-refractivity contribution in [2.45, 2.75) is 31.8 Å². The van der Waals surface area contributed by atoms with Crippen molar-refractivity contribution in [3.8, 4) is 11.5 Å². The van der Waals surface area contributed by atoms with Gasteiger partial charge >= 0.3 is 5.97 Å². The number of hydrogen-bond donors (Lipinski definition) is 1. The first kappa shape index (κ1) is 25.2. The van der Waals surface area contributed by atoms with Crippen molar-refractivity contribution in [2.75, 3.05) is 20.2 Å². The molecule has 188 valence electrons. The molecule has 36 heavy (non-hydrogen) atoms. The maximum Gasteiger partial charge on any atom is 0.323 e. The molecule has 6 nitrogen and oxygen atoms in total. The van der Waals surface area contributed by atoms with Crippen LogP contribution in [-0.4, -0.2) is 47.7 Å². The molecule has 0 radical (unpaired) electrons. The quantitative estimate of drug-likeness (QED) is 0.467. The van der Waals surface area contributed by atoms with Gasteiger partial charge < -0.3 is 19.5 Å². The van der Waals surface area contributed by atoms with Gasteiger partial charge in [-0.25, -0.2) is 8.78 Å². The highest BCUT2D eigenvalue weighted by molar-refractivity contribution is 5.97. The van der Waals surface area contributed by atoms with Crippen LogP contribution in [0.1, 0.15) is 34.0 Å². The number of fused-ring (bicyclic) bond motifs is 1. The van der Waals surface area contributed by atoms with E-state index in [4.69, 9.17) is 9.47 Å². The number of ether oxygens (including phenoxy) is 2. The first-order valence-corrected chi connectivity index (χ1v) is 11.6. The van der Waals surface area contributed by atoms with E-state index in [1.807, 2.05) is 6.92 Å². The molecule has 0 spiro atoms. The van der Waals surface area contributed by atoms with Gasteiger partial charge in [0, 0.05) is 30.5 Å². The zero-order chi connectivity index (χ0) is 25.9. The molecule has 3 aromatic carbocycles. The van der Waals surface area contributed by atoms with E-state index in [1.165, 1.54) is 36.3 Å². The number of carboxylic acid groups (broad SMARTS) is 1. The SMILES string of the molecule is COc1cc(C(=O)N(CCc2ccc(F)cc2)CC(=O)O)cc2c1O[C@](C)(Cc1ccc(F)cc1)C2. The van der Waals surface area contributed by atoms with Crippen molar-refractivity contribution >= 4 is 11.9 Å². The lowest BCUT2D eigenvalue weighted by Gasteiger charge is -2.24. The average molecular weight is 496 g/mol. The Bertz CT molecular complexity index is 1260. The Kier molecular flexibility index (Phi) is 7.24. The lowest BCUT2D eigenvalue weighted by atomic mass is 9.91. The third-order valence-electron chi connectivity index (χ3n) is 6.20. The summed E-state index contributed by atoms with van der Waals surface area (Å²) in [6.07, 6.45) is 1.39. The highest BCUT2D eigenvalue weighted by atomic mass is 19.1. The summed E-state index contributed by atoms with van der Waals surface area (Å²) < 4.78 is 38.3. The molecule has 1 amide bonds. The minimum Gasteiger partial charge on any atom is -0.493 e. The number of carbonyl (C=O) groups excluding carboxylic acids is 1. The van der Waals surface area contributed by atoms with Gasteiger partial charge in [0.05, 0.1) is 7.11 Å². The largest absolute Gasteiger partial charge is 0.493 e. The molecule has 8 heteroatoms. The molecule has 0 saturated carbocycles. The minimum absolute atomic E-state index is 0.148. The molecular weight excluding hydrogens is 468 g/mol. The second kappa shape index (κ2) is 10.4. The van der Waals surface area contributed by atoms with E-state index < -0.39 is 24.0 Å². The van der Waals surface area contributed by atoms with Crippen LogP contribution < -0.4 is 9.47 Å². The number of carboxylic acids is 1. The Morgan fingerprint density at radius 1 is 1.03 bits per heavy atom. The van der Waals surface area contributed by atoms with Crippen molar-refractivity contribution in [1.29, 1.82) is 0 Å². The van der Waals surface area contributed by atoms with Gasteiger partial charge in [-0.1, -0.05) is 24.3 Å². The molecule has 0 saturated heterocycles. The van der Waals surface area contributed by atoms with Crippen molar-refractivity contribution in [2.24, 2.45) is 0 Å². The summed E-state index contributed by atoms with van der Waals surface area (Å²) in [4.78, 5) is 26.1. The van der Waals surface area contributed by atoms with E-state index in [0.29, 0.717) is 36.3 Å². The predicted octanol–water partition coefficient (Wildman–Crippen LogP) is 4.68. The summed E-state index contributed by atoms with van der Waals surface area (Å²) in [6, 6.07) is 15.4. The molecule has 4 rings (SSSR count). The fourth-order valence-corrected chi connectivity index (χ4v) is 4.51. The third kappa shape index (κ3) is 5.82. The van der Waals surface area contributed by atoms with Gasteiger partial charge in [0.25, 0.3) is 5.91 Å². The fraction of sp³-hybridized carbons (Fsp3) is 0.286. The highest BCUT2D eigenvalue weighted by Gasteiger charge is 2.38. The lowest BCUT2D eigenvalue weighted by molar-refractivity contribution is -0.137. The van der Waals surface area contributed by atoms with Crippen LogP contribution in [0.15, 0.2) is 60.7 Å². The summed E-state index contributed by atoms with van der Waals surface area (Å²) in [7, 11) is 1.48.